The maximum atomic E-state index is 12.8. The highest BCUT2D eigenvalue weighted by molar-refractivity contribution is 5.96. The average molecular weight is 287 g/mol. The highest BCUT2D eigenvalue weighted by Crippen LogP contribution is 2.22. The van der Waals surface area contributed by atoms with E-state index in [2.05, 4.69) is 0 Å². The highest BCUT2D eigenvalue weighted by atomic mass is 19.1. The minimum absolute atomic E-state index is 0.0244. The Morgan fingerprint density at radius 3 is 2.29 bits per heavy atom. The van der Waals surface area contributed by atoms with Gasteiger partial charge in [-0.05, 0) is 29.8 Å². The summed E-state index contributed by atoms with van der Waals surface area (Å²) in [5.74, 6) is -1.14. The van der Waals surface area contributed by atoms with Crippen LogP contribution in [0.5, 0.6) is 0 Å². The zero-order chi connectivity index (χ0) is 15.2. The van der Waals surface area contributed by atoms with Gasteiger partial charge in [-0.3, -0.25) is 14.9 Å². The lowest BCUT2D eigenvalue weighted by Crippen LogP contribution is -2.16. The predicted molar refractivity (Wildman–Crippen MR) is 76.4 cm³/mol. The van der Waals surface area contributed by atoms with Crippen LogP contribution in [0.15, 0.2) is 54.6 Å². The summed E-state index contributed by atoms with van der Waals surface area (Å²) in [5.41, 5.74) is 1.12. The van der Waals surface area contributed by atoms with Crippen molar-refractivity contribution in [2.45, 2.75) is 12.3 Å². The molecule has 0 saturated heterocycles. The van der Waals surface area contributed by atoms with Crippen molar-refractivity contribution in [2.75, 3.05) is 6.54 Å². The first-order valence-corrected chi connectivity index (χ1v) is 6.52. The molecule has 0 aromatic heterocycles. The molecular formula is C16H14FNO3. The monoisotopic (exact) mass is 287 g/mol. The van der Waals surface area contributed by atoms with Crippen molar-refractivity contribution >= 4 is 5.78 Å². The molecule has 0 bridgehead atoms. The summed E-state index contributed by atoms with van der Waals surface area (Å²) in [6.45, 7) is -0.309. The number of rotatable bonds is 6. The number of nitrogens with zero attached hydrogens (tertiary/aromatic N) is 1. The molecule has 0 spiro atoms. The zero-order valence-electron chi connectivity index (χ0n) is 11.2. The molecule has 2 rings (SSSR count). The molecule has 5 heteroatoms. The molecule has 1 atom stereocenters. The molecule has 0 radical (unpaired) electrons. The number of carbonyl (C=O) groups is 1. The molecule has 0 aliphatic carbocycles. The first kappa shape index (κ1) is 14.8. The third-order valence-electron chi connectivity index (χ3n) is 3.24. The van der Waals surface area contributed by atoms with Gasteiger partial charge < -0.3 is 0 Å². The molecule has 21 heavy (non-hydrogen) atoms. The fraction of sp³-hybridized carbons (Fsp3) is 0.188. The van der Waals surface area contributed by atoms with E-state index in [1.165, 1.54) is 24.3 Å². The lowest BCUT2D eigenvalue weighted by molar-refractivity contribution is -0.483. The van der Waals surface area contributed by atoms with Gasteiger partial charge in [-0.1, -0.05) is 30.3 Å². The number of hydrogen-bond donors (Lipinski definition) is 0. The van der Waals surface area contributed by atoms with Gasteiger partial charge in [0, 0.05) is 16.9 Å². The van der Waals surface area contributed by atoms with E-state index >= 15 is 0 Å². The molecule has 108 valence electrons. The van der Waals surface area contributed by atoms with Crippen LogP contribution in [0.2, 0.25) is 0 Å². The highest BCUT2D eigenvalue weighted by Gasteiger charge is 2.22. The van der Waals surface area contributed by atoms with Crippen LogP contribution in [0.4, 0.5) is 4.39 Å². The summed E-state index contributed by atoms with van der Waals surface area (Å²) >= 11 is 0. The fourth-order valence-corrected chi connectivity index (χ4v) is 2.17. The average Bonchev–Trinajstić information content (AvgIpc) is 2.47. The fourth-order valence-electron chi connectivity index (χ4n) is 2.17. The van der Waals surface area contributed by atoms with Crippen LogP contribution in [0.25, 0.3) is 0 Å². The molecule has 0 unspecified atom stereocenters. The number of hydrogen-bond acceptors (Lipinski definition) is 3. The van der Waals surface area contributed by atoms with Crippen LogP contribution >= 0.6 is 0 Å². The van der Waals surface area contributed by atoms with Crippen molar-refractivity contribution in [2.24, 2.45) is 0 Å². The number of Topliss-reactive ketones (excluding diaryl/α,β-unsaturated/α-hetero) is 1. The molecule has 0 N–H and O–H groups in total. The minimum atomic E-state index is -0.487. The number of nitro groups is 1. The zero-order valence-corrected chi connectivity index (χ0v) is 11.2. The van der Waals surface area contributed by atoms with E-state index in [-0.39, 0.29) is 18.7 Å². The van der Waals surface area contributed by atoms with E-state index in [0.717, 1.165) is 5.56 Å². The van der Waals surface area contributed by atoms with E-state index in [0.29, 0.717) is 5.56 Å². The predicted octanol–water partition coefficient (Wildman–Crippen LogP) is 3.46. The van der Waals surface area contributed by atoms with Gasteiger partial charge in [-0.15, -0.1) is 0 Å². The van der Waals surface area contributed by atoms with Gasteiger partial charge in [-0.2, -0.15) is 0 Å². The van der Waals surface area contributed by atoms with Crippen molar-refractivity contribution < 1.29 is 14.1 Å². The smallest absolute Gasteiger partial charge is 0.211 e. The van der Waals surface area contributed by atoms with Crippen LogP contribution in [-0.2, 0) is 0 Å². The van der Waals surface area contributed by atoms with Gasteiger partial charge in [0.05, 0.1) is 5.92 Å². The van der Waals surface area contributed by atoms with Gasteiger partial charge in [0.15, 0.2) is 5.78 Å². The SMILES string of the molecule is O=C(C[C@@H](C[N+](=O)[O-])c1ccccc1)c1ccc(F)cc1. The summed E-state index contributed by atoms with van der Waals surface area (Å²) in [6.07, 6.45) is 0.0244. The molecule has 0 heterocycles. The second-order valence-corrected chi connectivity index (χ2v) is 4.76. The Labute approximate surface area is 121 Å². The van der Waals surface area contributed by atoms with E-state index < -0.39 is 16.7 Å². The summed E-state index contributed by atoms with van der Waals surface area (Å²) in [5, 5.41) is 10.8. The number of benzene rings is 2. The normalized spacial score (nSPS) is 11.9. The molecule has 2 aromatic carbocycles. The van der Waals surface area contributed by atoms with Crippen molar-refractivity contribution in [1.82, 2.24) is 0 Å². The van der Waals surface area contributed by atoms with Gasteiger partial charge in [0.25, 0.3) is 0 Å². The van der Waals surface area contributed by atoms with Crippen molar-refractivity contribution in [3.05, 3.63) is 81.7 Å². The van der Waals surface area contributed by atoms with Crippen LogP contribution in [0.1, 0.15) is 28.3 Å². The molecule has 4 nitrogen and oxygen atoms in total. The Balaban J connectivity index is 2.17. The Hall–Kier alpha value is -2.56. The maximum absolute atomic E-state index is 12.8. The van der Waals surface area contributed by atoms with Gasteiger partial charge in [-0.25, -0.2) is 4.39 Å². The first-order valence-electron chi connectivity index (χ1n) is 6.52. The molecule has 0 aliphatic rings. The summed E-state index contributed by atoms with van der Waals surface area (Å²) in [7, 11) is 0. The topological polar surface area (TPSA) is 60.2 Å². The lowest BCUT2D eigenvalue weighted by Gasteiger charge is -2.12. The van der Waals surface area contributed by atoms with Crippen LogP contribution in [0.3, 0.4) is 0 Å². The largest absolute Gasteiger partial charge is 0.294 e. The van der Waals surface area contributed by atoms with Gasteiger partial charge >= 0.3 is 0 Å². The van der Waals surface area contributed by atoms with Crippen LogP contribution < -0.4 is 0 Å². The molecular weight excluding hydrogens is 273 g/mol. The molecule has 0 saturated carbocycles. The number of carbonyl (C=O) groups excluding carboxylic acids is 1. The van der Waals surface area contributed by atoms with Crippen LogP contribution in [0, 0.1) is 15.9 Å². The molecule has 0 aliphatic heterocycles. The number of ketones is 1. The maximum Gasteiger partial charge on any atom is 0.211 e. The molecule has 0 fully saturated rings. The second-order valence-electron chi connectivity index (χ2n) is 4.76. The molecule has 2 aromatic rings. The van der Waals surface area contributed by atoms with Crippen molar-refractivity contribution in [1.29, 1.82) is 0 Å². The van der Waals surface area contributed by atoms with E-state index in [4.69, 9.17) is 0 Å². The second kappa shape index (κ2) is 6.74. The van der Waals surface area contributed by atoms with E-state index in [9.17, 15) is 19.3 Å². The first-order chi connectivity index (χ1) is 10.1. The molecule has 0 amide bonds. The van der Waals surface area contributed by atoms with E-state index in [1.807, 2.05) is 6.07 Å². The third-order valence-corrected chi connectivity index (χ3v) is 3.24. The Kier molecular flexibility index (Phi) is 4.77. The minimum Gasteiger partial charge on any atom is -0.294 e. The Morgan fingerprint density at radius 2 is 1.71 bits per heavy atom. The summed E-state index contributed by atoms with van der Waals surface area (Å²) in [6, 6.07) is 14.1. The quantitative estimate of drug-likeness (QED) is 0.464. The van der Waals surface area contributed by atoms with Crippen LogP contribution in [-0.4, -0.2) is 17.3 Å². The Bertz CT molecular complexity index is 626. The van der Waals surface area contributed by atoms with Crippen molar-refractivity contribution in [3.63, 3.8) is 0 Å². The van der Waals surface area contributed by atoms with Gasteiger partial charge in [0.1, 0.15) is 5.82 Å². The summed E-state index contributed by atoms with van der Waals surface area (Å²) < 4.78 is 12.8. The Morgan fingerprint density at radius 1 is 1.10 bits per heavy atom. The number of halogens is 1. The van der Waals surface area contributed by atoms with E-state index in [1.54, 1.807) is 24.3 Å². The van der Waals surface area contributed by atoms with Gasteiger partial charge in [0.2, 0.25) is 6.54 Å². The van der Waals surface area contributed by atoms with Crippen molar-refractivity contribution in [3.8, 4) is 0 Å². The lowest BCUT2D eigenvalue weighted by atomic mass is 9.91. The summed E-state index contributed by atoms with van der Waals surface area (Å²) in [4.78, 5) is 22.5. The third kappa shape index (κ3) is 4.21. The standard InChI is InChI=1S/C16H14FNO3/c17-15-8-6-13(7-9-15)16(19)10-14(11-18(20)21)12-4-2-1-3-5-12/h1-9,14H,10-11H2/t14-/m0/s1.